The van der Waals surface area contributed by atoms with Gasteiger partial charge in [-0.1, -0.05) is 91.8 Å². The second-order valence-corrected chi connectivity index (χ2v) is 8.12. The summed E-state index contributed by atoms with van der Waals surface area (Å²) in [6.45, 7) is 28.7. The first-order chi connectivity index (χ1) is 13.4. The number of hydrogen-bond acceptors (Lipinski definition) is 0. The Morgan fingerprint density at radius 3 is 1.31 bits per heavy atom. The van der Waals surface area contributed by atoms with Gasteiger partial charge in [0.15, 0.2) is 0 Å². The zero-order chi connectivity index (χ0) is 22.3. The van der Waals surface area contributed by atoms with Crippen molar-refractivity contribution in [3.8, 4) is 0 Å². The van der Waals surface area contributed by atoms with Gasteiger partial charge in [0.2, 0.25) is 0 Å². The third kappa shape index (κ3) is 10.4. The molecule has 3 rings (SSSR count). The van der Waals surface area contributed by atoms with Crippen molar-refractivity contribution in [3.63, 3.8) is 0 Å². The van der Waals surface area contributed by atoms with Crippen LogP contribution in [0.5, 0.6) is 0 Å². The molecule has 3 aliphatic carbocycles. The molecule has 1 heteroatoms. The van der Waals surface area contributed by atoms with Crippen molar-refractivity contribution in [1.82, 2.24) is 0 Å². The number of allylic oxidation sites excluding steroid dienone is 6. The molecular formula is C28H52Ru. The maximum absolute atomic E-state index is 3.90. The van der Waals surface area contributed by atoms with Gasteiger partial charge in [-0.15, -0.1) is 13.2 Å². The minimum Gasteiger partial charge on any atom is -0.103 e. The van der Waals surface area contributed by atoms with Gasteiger partial charge in [0.25, 0.3) is 0 Å². The SMILES string of the molecule is C=CC.C=CC1CC(/C=C/C)C(C)C1C.CC.CC.CC1C2C=CC(C2)C1C.[Ru]. The Bertz CT molecular complexity index is 431. The van der Waals surface area contributed by atoms with Crippen molar-refractivity contribution in [2.75, 3.05) is 0 Å². The van der Waals surface area contributed by atoms with E-state index in [0.717, 1.165) is 47.3 Å². The second-order valence-electron chi connectivity index (χ2n) is 8.12. The number of rotatable bonds is 2. The van der Waals surface area contributed by atoms with Gasteiger partial charge in [-0.05, 0) is 74.0 Å². The summed E-state index contributed by atoms with van der Waals surface area (Å²) in [6, 6.07) is 0. The average molecular weight is 490 g/mol. The molecule has 0 N–H and O–H groups in total. The van der Waals surface area contributed by atoms with Gasteiger partial charge >= 0.3 is 0 Å². The Kier molecular flexibility index (Phi) is 22.4. The normalized spacial score (nSPS) is 35.4. The molecular weight excluding hydrogens is 437 g/mol. The molecule has 0 aromatic heterocycles. The molecule has 0 aromatic rings. The average Bonchev–Trinajstić information content (AvgIpc) is 3.39. The fourth-order valence-corrected chi connectivity index (χ4v) is 4.65. The molecule has 172 valence electrons. The Morgan fingerprint density at radius 2 is 1.07 bits per heavy atom. The van der Waals surface area contributed by atoms with Crippen LogP contribution in [0.3, 0.4) is 0 Å². The van der Waals surface area contributed by atoms with E-state index in [9.17, 15) is 0 Å². The second kappa shape index (κ2) is 19.5. The molecule has 0 nitrogen and oxygen atoms in total. The van der Waals surface area contributed by atoms with E-state index < -0.39 is 0 Å². The van der Waals surface area contributed by atoms with Crippen molar-refractivity contribution >= 4 is 0 Å². The Hall–Kier alpha value is -0.417. The van der Waals surface area contributed by atoms with Crippen LogP contribution in [0.25, 0.3) is 0 Å². The van der Waals surface area contributed by atoms with Crippen LogP contribution in [0.4, 0.5) is 0 Å². The van der Waals surface area contributed by atoms with E-state index in [1.807, 2.05) is 34.6 Å². The molecule has 0 amide bonds. The summed E-state index contributed by atoms with van der Waals surface area (Å²) in [6.07, 6.45) is 16.0. The maximum atomic E-state index is 3.90. The summed E-state index contributed by atoms with van der Waals surface area (Å²) >= 11 is 0. The topological polar surface area (TPSA) is 0 Å². The Balaban J connectivity index is -0.000000353. The molecule has 8 atom stereocenters. The van der Waals surface area contributed by atoms with Gasteiger partial charge in [0, 0.05) is 19.5 Å². The summed E-state index contributed by atoms with van der Waals surface area (Å²) in [7, 11) is 0. The van der Waals surface area contributed by atoms with Gasteiger partial charge in [0.05, 0.1) is 0 Å². The molecule has 3 aliphatic rings. The summed E-state index contributed by atoms with van der Waals surface area (Å²) in [5, 5.41) is 0. The van der Waals surface area contributed by atoms with Crippen molar-refractivity contribution in [2.45, 2.75) is 82.1 Å². The van der Waals surface area contributed by atoms with E-state index >= 15 is 0 Å². The van der Waals surface area contributed by atoms with Crippen LogP contribution in [-0.2, 0) is 19.5 Å². The fraction of sp³-hybridized carbons (Fsp3) is 0.714. The summed E-state index contributed by atoms with van der Waals surface area (Å²) < 4.78 is 0. The van der Waals surface area contributed by atoms with Crippen LogP contribution in [0, 0.1) is 47.3 Å². The smallest absolute Gasteiger partial charge is 0 e. The van der Waals surface area contributed by atoms with Crippen molar-refractivity contribution < 1.29 is 19.5 Å². The predicted molar refractivity (Wildman–Crippen MR) is 133 cm³/mol. The molecule has 0 aliphatic heterocycles. The number of fused-ring (bicyclic) bond motifs is 2. The largest absolute Gasteiger partial charge is 0.103 e. The fourth-order valence-electron chi connectivity index (χ4n) is 4.65. The van der Waals surface area contributed by atoms with E-state index in [0.29, 0.717) is 0 Å². The van der Waals surface area contributed by atoms with Gasteiger partial charge in [-0.3, -0.25) is 0 Å². The van der Waals surface area contributed by atoms with E-state index in [-0.39, 0.29) is 19.5 Å². The minimum atomic E-state index is 0. The third-order valence-corrected chi connectivity index (χ3v) is 6.80. The van der Waals surface area contributed by atoms with Gasteiger partial charge in [-0.2, -0.15) is 0 Å². The predicted octanol–water partition coefficient (Wildman–Crippen LogP) is 9.36. The van der Waals surface area contributed by atoms with E-state index in [2.05, 4.69) is 78.2 Å². The molecule has 0 heterocycles. The molecule has 0 spiro atoms. The number of hydrogen-bond donors (Lipinski definition) is 0. The molecule has 2 bridgehead atoms. The van der Waals surface area contributed by atoms with Gasteiger partial charge in [-0.25, -0.2) is 0 Å². The summed E-state index contributed by atoms with van der Waals surface area (Å²) in [5.41, 5.74) is 0. The Morgan fingerprint density at radius 1 is 0.690 bits per heavy atom. The van der Waals surface area contributed by atoms with Crippen LogP contribution in [0.15, 0.2) is 49.6 Å². The van der Waals surface area contributed by atoms with Crippen LogP contribution < -0.4 is 0 Å². The van der Waals surface area contributed by atoms with E-state index in [1.165, 1.54) is 12.8 Å². The summed E-state index contributed by atoms with van der Waals surface area (Å²) in [5.74, 6) is 6.94. The monoisotopic (exact) mass is 490 g/mol. The quantitative estimate of drug-likeness (QED) is 0.268. The standard InChI is InChI=1S/C12H20.C9H14.C3H6.2C2H6.Ru/c1-5-7-12-8-11(6-2)9(3)10(12)4;1-6-7(2)9-4-3-8(6)5-9;1-3-2;2*1-2;/h5-7,9-12H,2,8H2,1,3-4H3;3-4,6-9H,5H2,1-2H3;3H,1H2,2H3;2*1-2H3;/b7-5+;;;;;. The molecule has 0 aromatic carbocycles. The molecule has 2 saturated carbocycles. The van der Waals surface area contributed by atoms with E-state index in [4.69, 9.17) is 0 Å². The first-order valence-electron chi connectivity index (χ1n) is 11.9. The zero-order valence-corrected chi connectivity index (χ0v) is 23.0. The van der Waals surface area contributed by atoms with Crippen LogP contribution >= 0.6 is 0 Å². The van der Waals surface area contributed by atoms with Crippen LogP contribution in [0.2, 0.25) is 0 Å². The first kappa shape index (κ1) is 33.2. The Labute approximate surface area is 198 Å². The van der Waals surface area contributed by atoms with Crippen molar-refractivity contribution in [1.29, 1.82) is 0 Å². The van der Waals surface area contributed by atoms with Crippen LogP contribution in [-0.4, -0.2) is 0 Å². The minimum absolute atomic E-state index is 0. The van der Waals surface area contributed by atoms with Crippen molar-refractivity contribution in [2.24, 2.45) is 47.3 Å². The van der Waals surface area contributed by atoms with E-state index in [1.54, 1.807) is 6.08 Å². The van der Waals surface area contributed by atoms with Gasteiger partial charge in [0.1, 0.15) is 0 Å². The molecule has 2 fully saturated rings. The third-order valence-electron chi connectivity index (χ3n) is 6.80. The first-order valence-corrected chi connectivity index (χ1v) is 11.9. The van der Waals surface area contributed by atoms with Crippen molar-refractivity contribution in [3.05, 3.63) is 49.6 Å². The zero-order valence-electron chi connectivity index (χ0n) is 21.3. The molecule has 29 heavy (non-hydrogen) atoms. The maximum Gasteiger partial charge on any atom is 0 e. The van der Waals surface area contributed by atoms with Gasteiger partial charge < -0.3 is 0 Å². The molecule has 0 radical (unpaired) electrons. The summed E-state index contributed by atoms with van der Waals surface area (Å²) in [4.78, 5) is 0. The van der Waals surface area contributed by atoms with Crippen LogP contribution in [0.1, 0.15) is 82.1 Å². The molecule has 8 unspecified atom stereocenters. The molecule has 0 saturated heterocycles.